The van der Waals surface area contributed by atoms with Crippen molar-refractivity contribution >= 4 is 0 Å². The standard InChI is InChI=1S/C9H16O2/c1-6(2)7-5-11-8-3-4-10-9(7)8/h6-9H,3-5H2,1-2H3/t7-,8+,9+/m0/s1. The first-order chi connectivity index (χ1) is 5.29. The van der Waals surface area contributed by atoms with E-state index >= 15 is 0 Å². The van der Waals surface area contributed by atoms with Gasteiger partial charge in [0.1, 0.15) is 0 Å². The summed E-state index contributed by atoms with van der Waals surface area (Å²) in [7, 11) is 0. The molecule has 0 aliphatic carbocycles. The fraction of sp³-hybridized carbons (Fsp3) is 1.00. The zero-order chi connectivity index (χ0) is 7.84. The van der Waals surface area contributed by atoms with E-state index in [0.717, 1.165) is 19.6 Å². The second-order valence-electron chi connectivity index (χ2n) is 3.90. The minimum atomic E-state index is 0.412. The molecule has 0 radical (unpaired) electrons. The third-order valence-electron chi connectivity index (χ3n) is 2.86. The normalized spacial score (nSPS) is 43.4. The van der Waals surface area contributed by atoms with Crippen LogP contribution in [-0.4, -0.2) is 25.4 Å². The van der Waals surface area contributed by atoms with Crippen molar-refractivity contribution in [3.63, 3.8) is 0 Å². The van der Waals surface area contributed by atoms with Gasteiger partial charge < -0.3 is 9.47 Å². The summed E-state index contributed by atoms with van der Waals surface area (Å²) in [6.07, 6.45) is 1.94. The molecule has 2 saturated heterocycles. The topological polar surface area (TPSA) is 18.5 Å². The summed E-state index contributed by atoms with van der Waals surface area (Å²) >= 11 is 0. The van der Waals surface area contributed by atoms with Crippen LogP contribution in [0.5, 0.6) is 0 Å². The highest BCUT2D eigenvalue weighted by molar-refractivity contribution is 4.89. The SMILES string of the molecule is CC(C)[C@@H]1CO[C@@H]2CCO[C@@H]21. The van der Waals surface area contributed by atoms with Crippen LogP contribution in [0.2, 0.25) is 0 Å². The van der Waals surface area contributed by atoms with E-state index in [1.54, 1.807) is 0 Å². The van der Waals surface area contributed by atoms with Gasteiger partial charge in [0.25, 0.3) is 0 Å². The number of ether oxygens (including phenoxy) is 2. The van der Waals surface area contributed by atoms with Crippen molar-refractivity contribution in [1.29, 1.82) is 0 Å². The van der Waals surface area contributed by atoms with E-state index in [0.29, 0.717) is 24.0 Å². The molecular formula is C9H16O2. The molecule has 0 N–H and O–H groups in total. The van der Waals surface area contributed by atoms with Crippen LogP contribution in [0.1, 0.15) is 20.3 Å². The summed E-state index contributed by atoms with van der Waals surface area (Å²) < 4.78 is 11.3. The van der Waals surface area contributed by atoms with E-state index in [-0.39, 0.29) is 0 Å². The van der Waals surface area contributed by atoms with Crippen molar-refractivity contribution in [3.05, 3.63) is 0 Å². The maximum Gasteiger partial charge on any atom is 0.0890 e. The van der Waals surface area contributed by atoms with E-state index in [1.165, 1.54) is 0 Å². The molecule has 2 heterocycles. The Balaban J connectivity index is 2.03. The van der Waals surface area contributed by atoms with Gasteiger partial charge in [0, 0.05) is 12.5 Å². The fourth-order valence-corrected chi connectivity index (χ4v) is 2.07. The van der Waals surface area contributed by atoms with Crippen molar-refractivity contribution in [2.24, 2.45) is 11.8 Å². The van der Waals surface area contributed by atoms with E-state index in [9.17, 15) is 0 Å². The molecule has 0 aromatic carbocycles. The van der Waals surface area contributed by atoms with Crippen molar-refractivity contribution in [1.82, 2.24) is 0 Å². The summed E-state index contributed by atoms with van der Waals surface area (Å²) in [5, 5.41) is 0. The molecule has 0 aromatic rings. The Morgan fingerprint density at radius 2 is 2.09 bits per heavy atom. The molecule has 3 atom stereocenters. The Hall–Kier alpha value is -0.0800. The second-order valence-corrected chi connectivity index (χ2v) is 3.90. The first-order valence-corrected chi connectivity index (χ1v) is 4.52. The second kappa shape index (κ2) is 2.76. The number of rotatable bonds is 1. The molecule has 0 spiro atoms. The highest BCUT2D eigenvalue weighted by atomic mass is 16.6. The van der Waals surface area contributed by atoms with E-state index in [4.69, 9.17) is 9.47 Å². The molecule has 64 valence electrons. The smallest absolute Gasteiger partial charge is 0.0890 e. The third-order valence-corrected chi connectivity index (χ3v) is 2.86. The molecular weight excluding hydrogens is 140 g/mol. The van der Waals surface area contributed by atoms with Gasteiger partial charge in [-0.05, 0) is 12.3 Å². The molecule has 0 amide bonds. The number of fused-ring (bicyclic) bond motifs is 1. The van der Waals surface area contributed by atoms with Crippen molar-refractivity contribution < 1.29 is 9.47 Å². The molecule has 2 nitrogen and oxygen atoms in total. The van der Waals surface area contributed by atoms with Crippen LogP contribution in [0.3, 0.4) is 0 Å². The highest BCUT2D eigenvalue weighted by Gasteiger charge is 2.42. The fourth-order valence-electron chi connectivity index (χ4n) is 2.07. The molecule has 2 aliphatic heterocycles. The van der Waals surface area contributed by atoms with Crippen LogP contribution >= 0.6 is 0 Å². The molecule has 0 unspecified atom stereocenters. The Morgan fingerprint density at radius 3 is 2.82 bits per heavy atom. The zero-order valence-electron chi connectivity index (χ0n) is 7.25. The van der Waals surface area contributed by atoms with E-state index in [2.05, 4.69) is 13.8 Å². The van der Waals surface area contributed by atoms with E-state index < -0.39 is 0 Å². The van der Waals surface area contributed by atoms with Gasteiger partial charge in [0.15, 0.2) is 0 Å². The third kappa shape index (κ3) is 1.18. The maximum absolute atomic E-state index is 5.63. The predicted octanol–water partition coefficient (Wildman–Crippen LogP) is 1.45. The van der Waals surface area contributed by atoms with Gasteiger partial charge in [-0.2, -0.15) is 0 Å². The molecule has 2 aliphatic rings. The minimum absolute atomic E-state index is 0.412. The van der Waals surface area contributed by atoms with Gasteiger partial charge in [0.2, 0.25) is 0 Å². The highest BCUT2D eigenvalue weighted by Crippen LogP contribution is 2.34. The van der Waals surface area contributed by atoms with Gasteiger partial charge in [-0.15, -0.1) is 0 Å². The maximum atomic E-state index is 5.63. The monoisotopic (exact) mass is 156 g/mol. The Labute approximate surface area is 67.9 Å². The Morgan fingerprint density at radius 1 is 1.27 bits per heavy atom. The lowest BCUT2D eigenvalue weighted by Gasteiger charge is -2.18. The first kappa shape index (κ1) is 7.56. The first-order valence-electron chi connectivity index (χ1n) is 4.52. The molecule has 0 bridgehead atoms. The summed E-state index contributed by atoms with van der Waals surface area (Å²) in [4.78, 5) is 0. The molecule has 2 heteroatoms. The summed E-state index contributed by atoms with van der Waals surface area (Å²) in [6, 6.07) is 0. The largest absolute Gasteiger partial charge is 0.375 e. The van der Waals surface area contributed by atoms with Crippen LogP contribution in [0.4, 0.5) is 0 Å². The van der Waals surface area contributed by atoms with Crippen molar-refractivity contribution in [2.75, 3.05) is 13.2 Å². The predicted molar refractivity (Wildman–Crippen MR) is 42.4 cm³/mol. The average molecular weight is 156 g/mol. The molecule has 2 rings (SSSR count). The lowest BCUT2D eigenvalue weighted by atomic mass is 9.91. The zero-order valence-corrected chi connectivity index (χ0v) is 7.25. The number of hydrogen-bond acceptors (Lipinski definition) is 2. The van der Waals surface area contributed by atoms with Crippen molar-refractivity contribution in [2.45, 2.75) is 32.5 Å². The van der Waals surface area contributed by atoms with Crippen LogP contribution < -0.4 is 0 Å². The Bertz CT molecular complexity index is 144. The summed E-state index contributed by atoms with van der Waals surface area (Å²) in [5.41, 5.74) is 0. The molecule has 11 heavy (non-hydrogen) atoms. The lowest BCUT2D eigenvalue weighted by molar-refractivity contribution is 0.0551. The van der Waals surface area contributed by atoms with Crippen LogP contribution in [0.15, 0.2) is 0 Å². The van der Waals surface area contributed by atoms with Gasteiger partial charge >= 0.3 is 0 Å². The van der Waals surface area contributed by atoms with Crippen LogP contribution in [-0.2, 0) is 9.47 Å². The van der Waals surface area contributed by atoms with Crippen LogP contribution in [0.25, 0.3) is 0 Å². The summed E-state index contributed by atoms with van der Waals surface area (Å²) in [6.45, 7) is 6.31. The molecule has 2 fully saturated rings. The molecule has 0 saturated carbocycles. The van der Waals surface area contributed by atoms with Gasteiger partial charge in [-0.1, -0.05) is 13.8 Å². The number of hydrogen-bond donors (Lipinski definition) is 0. The quantitative estimate of drug-likeness (QED) is 0.572. The van der Waals surface area contributed by atoms with Gasteiger partial charge in [0.05, 0.1) is 18.8 Å². The van der Waals surface area contributed by atoms with E-state index in [1.807, 2.05) is 0 Å². The molecule has 0 aromatic heterocycles. The lowest BCUT2D eigenvalue weighted by Crippen LogP contribution is -2.26. The van der Waals surface area contributed by atoms with Gasteiger partial charge in [-0.25, -0.2) is 0 Å². The van der Waals surface area contributed by atoms with Gasteiger partial charge in [-0.3, -0.25) is 0 Å². The van der Waals surface area contributed by atoms with Crippen molar-refractivity contribution in [3.8, 4) is 0 Å². The Kier molecular flexibility index (Phi) is 1.90. The van der Waals surface area contributed by atoms with Crippen LogP contribution in [0, 0.1) is 11.8 Å². The average Bonchev–Trinajstić information content (AvgIpc) is 2.41. The minimum Gasteiger partial charge on any atom is -0.375 e. The summed E-state index contributed by atoms with van der Waals surface area (Å²) in [5.74, 6) is 1.34.